The number of benzene rings is 1. The molecule has 0 saturated carbocycles. The highest BCUT2D eigenvalue weighted by molar-refractivity contribution is 5.68. The molecule has 0 aliphatic rings. The minimum Gasteiger partial charge on any atom is -0.481 e. The second-order valence-electron chi connectivity index (χ2n) is 5.30. The molecule has 0 radical (unpaired) electrons. The first-order chi connectivity index (χ1) is 9.04. The highest BCUT2D eigenvalue weighted by atomic mass is 16.4. The fourth-order valence-electron chi connectivity index (χ4n) is 2.12. The summed E-state index contributed by atoms with van der Waals surface area (Å²) in [7, 11) is 0. The van der Waals surface area contributed by atoms with E-state index in [1.807, 2.05) is 12.1 Å². The predicted molar refractivity (Wildman–Crippen MR) is 79.7 cm³/mol. The summed E-state index contributed by atoms with van der Waals surface area (Å²) < 4.78 is 0. The zero-order chi connectivity index (χ0) is 14.3. The van der Waals surface area contributed by atoms with Crippen LogP contribution in [0.1, 0.15) is 39.2 Å². The molecule has 0 fully saturated rings. The van der Waals surface area contributed by atoms with Crippen molar-refractivity contribution >= 4 is 11.7 Å². The number of aliphatic carboxylic acids is 1. The summed E-state index contributed by atoms with van der Waals surface area (Å²) in [5.74, 6) is -0.107. The lowest BCUT2D eigenvalue weighted by Gasteiger charge is -2.27. The smallest absolute Gasteiger partial charge is 0.305 e. The third-order valence-corrected chi connectivity index (χ3v) is 3.29. The van der Waals surface area contributed by atoms with E-state index in [2.05, 4.69) is 37.8 Å². The number of hydrogen-bond acceptors (Lipinski definition) is 2. The van der Waals surface area contributed by atoms with E-state index >= 15 is 0 Å². The van der Waals surface area contributed by atoms with Crippen molar-refractivity contribution in [2.24, 2.45) is 5.92 Å². The maximum atomic E-state index is 10.8. The molecule has 0 spiro atoms. The van der Waals surface area contributed by atoms with Crippen molar-refractivity contribution in [2.45, 2.75) is 40.0 Å². The van der Waals surface area contributed by atoms with Crippen LogP contribution in [-0.2, 0) is 11.2 Å². The molecule has 0 atom stereocenters. The van der Waals surface area contributed by atoms with Crippen LogP contribution in [0.15, 0.2) is 24.3 Å². The molecule has 0 amide bonds. The van der Waals surface area contributed by atoms with Gasteiger partial charge >= 0.3 is 5.97 Å². The van der Waals surface area contributed by atoms with Gasteiger partial charge in [0.15, 0.2) is 0 Å². The Morgan fingerprint density at radius 1 is 1.26 bits per heavy atom. The van der Waals surface area contributed by atoms with Crippen LogP contribution in [0, 0.1) is 5.92 Å². The van der Waals surface area contributed by atoms with Crippen molar-refractivity contribution in [2.75, 3.05) is 18.0 Å². The predicted octanol–water partition coefficient (Wildman–Crippen LogP) is 3.58. The van der Waals surface area contributed by atoms with Crippen molar-refractivity contribution in [1.82, 2.24) is 0 Å². The first-order valence-corrected chi connectivity index (χ1v) is 7.09. The summed E-state index contributed by atoms with van der Waals surface area (Å²) in [6.45, 7) is 8.03. The number of carboxylic acid groups (broad SMARTS) is 1. The Morgan fingerprint density at radius 3 is 2.53 bits per heavy atom. The third kappa shape index (κ3) is 5.33. The molecule has 1 aromatic rings. The van der Waals surface area contributed by atoms with E-state index in [0.717, 1.165) is 19.4 Å². The summed E-state index contributed by atoms with van der Waals surface area (Å²) in [6.07, 6.45) is 2.25. The van der Waals surface area contributed by atoms with Crippen LogP contribution in [0.2, 0.25) is 0 Å². The fourth-order valence-corrected chi connectivity index (χ4v) is 2.12. The number of para-hydroxylation sites is 1. The molecule has 0 bridgehead atoms. The zero-order valence-electron chi connectivity index (χ0n) is 12.2. The molecule has 0 saturated heterocycles. The zero-order valence-corrected chi connectivity index (χ0v) is 12.2. The van der Waals surface area contributed by atoms with Gasteiger partial charge in [0.05, 0.1) is 6.42 Å². The Bertz CT molecular complexity index is 401. The van der Waals surface area contributed by atoms with Crippen LogP contribution < -0.4 is 4.90 Å². The lowest BCUT2D eigenvalue weighted by Crippen LogP contribution is -2.29. The molecule has 0 aliphatic carbocycles. The van der Waals surface area contributed by atoms with Crippen LogP contribution in [0.4, 0.5) is 5.69 Å². The number of carboxylic acids is 1. The van der Waals surface area contributed by atoms with Crippen molar-refractivity contribution < 1.29 is 9.90 Å². The number of nitrogens with zero attached hydrogens (tertiary/aromatic N) is 1. The molecule has 1 aromatic carbocycles. The van der Waals surface area contributed by atoms with Crippen molar-refractivity contribution in [3.63, 3.8) is 0 Å². The van der Waals surface area contributed by atoms with Crippen LogP contribution in [-0.4, -0.2) is 24.2 Å². The van der Waals surface area contributed by atoms with Gasteiger partial charge in [0.2, 0.25) is 0 Å². The Labute approximate surface area is 116 Å². The molecule has 3 heteroatoms. The molecule has 19 heavy (non-hydrogen) atoms. The first kappa shape index (κ1) is 15.5. The van der Waals surface area contributed by atoms with E-state index in [-0.39, 0.29) is 6.42 Å². The largest absolute Gasteiger partial charge is 0.481 e. The standard InChI is InChI=1S/C16H25NO2/c1-4-14-7-5-6-8-15(14)17(11-9-13(2)3)12-10-16(18)19/h5-8,13H,4,9-12H2,1-3H3,(H,18,19). The maximum Gasteiger partial charge on any atom is 0.305 e. The molecular formula is C16H25NO2. The van der Waals surface area contributed by atoms with Gasteiger partial charge < -0.3 is 10.0 Å². The fraction of sp³-hybridized carbons (Fsp3) is 0.562. The van der Waals surface area contributed by atoms with E-state index in [0.29, 0.717) is 12.5 Å². The molecule has 1 rings (SSSR count). The molecule has 0 aromatic heterocycles. The number of carbonyl (C=O) groups is 1. The summed E-state index contributed by atoms with van der Waals surface area (Å²) in [5.41, 5.74) is 2.48. The Kier molecular flexibility index (Phi) is 6.40. The van der Waals surface area contributed by atoms with Crippen molar-refractivity contribution in [1.29, 1.82) is 0 Å². The molecule has 1 N–H and O–H groups in total. The summed E-state index contributed by atoms with van der Waals surface area (Å²) >= 11 is 0. The molecule has 106 valence electrons. The molecule has 3 nitrogen and oxygen atoms in total. The van der Waals surface area contributed by atoms with Gasteiger partial charge in [-0.2, -0.15) is 0 Å². The van der Waals surface area contributed by atoms with E-state index in [1.165, 1.54) is 11.3 Å². The van der Waals surface area contributed by atoms with Gasteiger partial charge in [-0.25, -0.2) is 0 Å². The van der Waals surface area contributed by atoms with Crippen molar-refractivity contribution in [3.05, 3.63) is 29.8 Å². The lowest BCUT2D eigenvalue weighted by molar-refractivity contribution is -0.136. The lowest BCUT2D eigenvalue weighted by atomic mass is 10.1. The van der Waals surface area contributed by atoms with Crippen LogP contribution in [0.5, 0.6) is 0 Å². The molecular weight excluding hydrogens is 238 g/mol. The van der Waals surface area contributed by atoms with Crippen LogP contribution in [0.3, 0.4) is 0 Å². The van der Waals surface area contributed by atoms with Gasteiger partial charge in [-0.05, 0) is 30.4 Å². The van der Waals surface area contributed by atoms with E-state index < -0.39 is 5.97 Å². The highest BCUT2D eigenvalue weighted by Gasteiger charge is 2.12. The van der Waals surface area contributed by atoms with E-state index in [9.17, 15) is 4.79 Å². The van der Waals surface area contributed by atoms with Crippen LogP contribution in [0.25, 0.3) is 0 Å². The normalized spacial score (nSPS) is 10.7. The van der Waals surface area contributed by atoms with Crippen LogP contribution >= 0.6 is 0 Å². The second-order valence-corrected chi connectivity index (χ2v) is 5.30. The quantitative estimate of drug-likeness (QED) is 0.779. The molecule has 0 heterocycles. The number of anilines is 1. The van der Waals surface area contributed by atoms with Gasteiger partial charge in [-0.1, -0.05) is 39.0 Å². The van der Waals surface area contributed by atoms with Gasteiger partial charge in [-0.15, -0.1) is 0 Å². The Morgan fingerprint density at radius 2 is 1.95 bits per heavy atom. The monoisotopic (exact) mass is 263 g/mol. The number of hydrogen-bond donors (Lipinski definition) is 1. The average Bonchev–Trinajstić information content (AvgIpc) is 2.38. The van der Waals surface area contributed by atoms with Gasteiger partial charge in [-0.3, -0.25) is 4.79 Å². The average molecular weight is 263 g/mol. The third-order valence-electron chi connectivity index (χ3n) is 3.29. The number of aryl methyl sites for hydroxylation is 1. The minimum atomic E-state index is -0.733. The second kappa shape index (κ2) is 7.82. The van der Waals surface area contributed by atoms with Gasteiger partial charge in [0.1, 0.15) is 0 Å². The van der Waals surface area contributed by atoms with E-state index in [4.69, 9.17) is 5.11 Å². The SMILES string of the molecule is CCc1ccccc1N(CCC(=O)O)CCC(C)C. The summed E-state index contributed by atoms with van der Waals surface area (Å²) in [6, 6.07) is 8.29. The Balaban J connectivity index is 2.83. The summed E-state index contributed by atoms with van der Waals surface area (Å²) in [4.78, 5) is 13.0. The highest BCUT2D eigenvalue weighted by Crippen LogP contribution is 2.22. The maximum absolute atomic E-state index is 10.8. The van der Waals surface area contributed by atoms with Gasteiger partial charge in [0, 0.05) is 18.8 Å². The molecule has 0 unspecified atom stereocenters. The van der Waals surface area contributed by atoms with Crippen molar-refractivity contribution in [3.8, 4) is 0 Å². The molecule has 0 aliphatic heterocycles. The Hall–Kier alpha value is -1.51. The topological polar surface area (TPSA) is 40.5 Å². The van der Waals surface area contributed by atoms with Gasteiger partial charge in [0.25, 0.3) is 0 Å². The summed E-state index contributed by atoms with van der Waals surface area (Å²) in [5, 5.41) is 8.89. The minimum absolute atomic E-state index is 0.191. The first-order valence-electron chi connectivity index (χ1n) is 7.09. The number of rotatable bonds is 8. The van der Waals surface area contributed by atoms with E-state index in [1.54, 1.807) is 0 Å².